The Morgan fingerprint density at radius 2 is 1.68 bits per heavy atom. The SMILES string of the molecule is CC(C)c1nc(N(C)S(=O)(=O)CC(C)(C)O)nc(-c2ccc(F)cc2)c1C=CC(O)CC(O)CC(=O)OC(C)(C)C. The number of ether oxygens (including phenoxy) is 1. The number of nitrogens with zero attached hydrogens (tertiary/aromatic N) is 3. The van der Waals surface area contributed by atoms with Gasteiger partial charge in [0.2, 0.25) is 16.0 Å². The second-order valence-corrected chi connectivity index (χ2v) is 14.0. The number of aliphatic hydroxyl groups is 3. The number of rotatable bonds is 12. The molecule has 0 bridgehead atoms. The molecule has 3 N–H and O–H groups in total. The number of sulfonamides is 1. The van der Waals surface area contributed by atoms with Crippen molar-refractivity contribution in [3.63, 3.8) is 0 Å². The number of benzene rings is 1. The summed E-state index contributed by atoms with van der Waals surface area (Å²) in [6, 6.07) is 5.48. The number of carbonyl (C=O) groups excluding carboxylic acids is 1. The molecule has 2 rings (SSSR count). The van der Waals surface area contributed by atoms with Crippen LogP contribution in [-0.2, 0) is 19.6 Å². The highest BCUT2D eigenvalue weighted by Crippen LogP contribution is 2.32. The maximum absolute atomic E-state index is 13.7. The smallest absolute Gasteiger partial charge is 0.308 e. The van der Waals surface area contributed by atoms with Gasteiger partial charge in [-0.25, -0.2) is 27.1 Å². The van der Waals surface area contributed by atoms with Gasteiger partial charge < -0.3 is 20.1 Å². The lowest BCUT2D eigenvalue weighted by Crippen LogP contribution is -2.39. The van der Waals surface area contributed by atoms with E-state index in [1.165, 1.54) is 51.2 Å². The fraction of sp³-hybridized carbons (Fsp3) is 0.552. The minimum atomic E-state index is -4.02. The molecule has 2 atom stereocenters. The van der Waals surface area contributed by atoms with E-state index in [0.29, 0.717) is 22.5 Å². The molecule has 1 aromatic heterocycles. The van der Waals surface area contributed by atoms with Crippen molar-refractivity contribution < 1.29 is 37.7 Å². The van der Waals surface area contributed by atoms with Gasteiger partial charge in [-0.1, -0.05) is 26.0 Å². The van der Waals surface area contributed by atoms with Gasteiger partial charge in [-0.2, -0.15) is 0 Å². The van der Waals surface area contributed by atoms with E-state index in [2.05, 4.69) is 9.97 Å². The van der Waals surface area contributed by atoms with Crippen LogP contribution >= 0.6 is 0 Å². The molecule has 228 valence electrons. The van der Waals surface area contributed by atoms with Gasteiger partial charge >= 0.3 is 5.97 Å². The first kappa shape index (κ1) is 34.3. The molecule has 0 aliphatic carbocycles. The maximum Gasteiger partial charge on any atom is 0.308 e. The zero-order valence-electron chi connectivity index (χ0n) is 24.9. The van der Waals surface area contributed by atoms with Crippen molar-refractivity contribution in [2.45, 2.75) is 90.6 Å². The van der Waals surface area contributed by atoms with Gasteiger partial charge in [-0.3, -0.25) is 4.79 Å². The molecular formula is C29H42FN3O7S. The summed E-state index contributed by atoms with van der Waals surface area (Å²) in [5.74, 6) is -1.99. The number of aliphatic hydroxyl groups excluding tert-OH is 2. The van der Waals surface area contributed by atoms with Crippen molar-refractivity contribution in [3.8, 4) is 11.3 Å². The Morgan fingerprint density at radius 1 is 1.10 bits per heavy atom. The zero-order chi connectivity index (χ0) is 31.3. The Labute approximate surface area is 242 Å². The molecule has 0 aliphatic heterocycles. The van der Waals surface area contributed by atoms with E-state index >= 15 is 0 Å². The first-order valence-corrected chi connectivity index (χ1v) is 14.9. The summed E-state index contributed by atoms with van der Waals surface area (Å²) in [5, 5.41) is 31.0. The molecule has 0 saturated carbocycles. The Kier molecular flexibility index (Phi) is 11.2. The number of hydrogen-bond acceptors (Lipinski definition) is 9. The molecule has 10 nitrogen and oxygen atoms in total. The van der Waals surface area contributed by atoms with Crippen LogP contribution in [0.3, 0.4) is 0 Å². The van der Waals surface area contributed by atoms with Crippen LogP contribution < -0.4 is 4.31 Å². The predicted molar refractivity (Wildman–Crippen MR) is 156 cm³/mol. The highest BCUT2D eigenvalue weighted by molar-refractivity contribution is 7.92. The highest BCUT2D eigenvalue weighted by atomic mass is 32.2. The van der Waals surface area contributed by atoms with Crippen molar-refractivity contribution in [1.29, 1.82) is 0 Å². The average molecular weight is 596 g/mol. The van der Waals surface area contributed by atoms with E-state index in [9.17, 15) is 32.9 Å². The molecule has 2 aromatic rings. The van der Waals surface area contributed by atoms with E-state index in [1.807, 2.05) is 13.8 Å². The zero-order valence-corrected chi connectivity index (χ0v) is 25.7. The molecule has 2 unspecified atom stereocenters. The summed E-state index contributed by atoms with van der Waals surface area (Å²) in [6.07, 6.45) is 0.249. The van der Waals surface area contributed by atoms with Crippen LogP contribution in [0.15, 0.2) is 30.3 Å². The first-order valence-electron chi connectivity index (χ1n) is 13.3. The molecule has 0 radical (unpaired) electrons. The van der Waals surface area contributed by atoms with Crippen molar-refractivity contribution >= 4 is 28.0 Å². The van der Waals surface area contributed by atoms with Crippen LogP contribution in [0.5, 0.6) is 0 Å². The summed E-state index contributed by atoms with van der Waals surface area (Å²) in [6.45, 7) is 11.6. The number of hydrogen-bond donors (Lipinski definition) is 3. The number of halogens is 1. The van der Waals surface area contributed by atoms with Gasteiger partial charge in [-0.05, 0) is 64.8 Å². The van der Waals surface area contributed by atoms with Crippen molar-refractivity contribution in [2.24, 2.45) is 0 Å². The predicted octanol–water partition coefficient (Wildman–Crippen LogP) is 3.80. The van der Waals surface area contributed by atoms with Gasteiger partial charge in [-0.15, -0.1) is 0 Å². The molecule has 0 fully saturated rings. The number of esters is 1. The van der Waals surface area contributed by atoms with E-state index in [1.54, 1.807) is 26.8 Å². The molecule has 0 saturated heterocycles. The Balaban J connectivity index is 2.52. The molecule has 0 aliphatic rings. The lowest BCUT2D eigenvalue weighted by atomic mass is 9.97. The number of anilines is 1. The minimum absolute atomic E-state index is 0.136. The summed E-state index contributed by atoms with van der Waals surface area (Å²) < 4.78 is 45.9. The summed E-state index contributed by atoms with van der Waals surface area (Å²) in [4.78, 5) is 21.1. The third-order valence-electron chi connectivity index (χ3n) is 5.68. The molecule has 0 amide bonds. The van der Waals surface area contributed by atoms with Gasteiger partial charge in [0, 0.05) is 24.6 Å². The number of aromatic nitrogens is 2. The van der Waals surface area contributed by atoms with Gasteiger partial charge in [0.25, 0.3) is 0 Å². The van der Waals surface area contributed by atoms with Crippen LogP contribution in [0, 0.1) is 5.82 Å². The van der Waals surface area contributed by atoms with Gasteiger partial charge in [0.15, 0.2) is 0 Å². The third kappa shape index (κ3) is 10.8. The second-order valence-electron chi connectivity index (χ2n) is 12.0. The monoisotopic (exact) mass is 595 g/mol. The van der Waals surface area contributed by atoms with Crippen LogP contribution in [0.1, 0.15) is 78.5 Å². The molecule has 0 spiro atoms. The lowest BCUT2D eigenvalue weighted by molar-refractivity contribution is -0.157. The maximum atomic E-state index is 13.7. The van der Waals surface area contributed by atoms with Crippen LogP contribution in [0.2, 0.25) is 0 Å². The van der Waals surface area contributed by atoms with Gasteiger partial charge in [0.1, 0.15) is 11.4 Å². The van der Waals surface area contributed by atoms with Crippen molar-refractivity contribution in [1.82, 2.24) is 9.97 Å². The van der Waals surface area contributed by atoms with Crippen LogP contribution in [0.25, 0.3) is 17.3 Å². The van der Waals surface area contributed by atoms with Crippen LogP contribution in [0.4, 0.5) is 10.3 Å². The fourth-order valence-electron chi connectivity index (χ4n) is 3.94. The number of carbonyl (C=O) groups is 1. The Hall–Kier alpha value is -2.93. The fourth-order valence-corrected chi connectivity index (χ4v) is 5.36. The average Bonchev–Trinajstić information content (AvgIpc) is 2.79. The Bertz CT molecular complexity index is 1330. The Morgan fingerprint density at radius 3 is 2.20 bits per heavy atom. The topological polar surface area (TPSA) is 150 Å². The van der Waals surface area contributed by atoms with E-state index in [0.717, 1.165) is 4.31 Å². The summed E-state index contributed by atoms with van der Waals surface area (Å²) >= 11 is 0. The van der Waals surface area contributed by atoms with E-state index in [-0.39, 0.29) is 24.7 Å². The van der Waals surface area contributed by atoms with Crippen molar-refractivity contribution in [2.75, 3.05) is 17.1 Å². The first-order chi connectivity index (χ1) is 18.7. The highest BCUT2D eigenvalue weighted by Gasteiger charge is 2.30. The molecule has 12 heteroatoms. The standard InChI is InChI=1S/C29H42FN3O7S/c1-18(2)25-23(14-13-21(34)15-22(35)16-24(36)40-28(3,4)5)26(19-9-11-20(30)12-10-19)32-27(31-25)33(8)41(38,39)17-29(6,7)37/h9-14,18,21-22,34-35,37H,15-17H2,1-8H3. The van der Waals surface area contributed by atoms with Crippen molar-refractivity contribution in [3.05, 3.63) is 47.4 Å². The van der Waals surface area contributed by atoms with Gasteiger partial charge in [0.05, 0.1) is 41.4 Å². The van der Waals surface area contributed by atoms with Crippen LogP contribution in [-0.4, -0.2) is 75.9 Å². The summed E-state index contributed by atoms with van der Waals surface area (Å²) in [7, 11) is -2.73. The molecule has 1 aromatic carbocycles. The molecule has 1 heterocycles. The second kappa shape index (κ2) is 13.4. The quantitative estimate of drug-likeness (QED) is 0.311. The van der Waals surface area contributed by atoms with E-state index < -0.39 is 51.0 Å². The van der Waals surface area contributed by atoms with E-state index in [4.69, 9.17) is 4.74 Å². The largest absolute Gasteiger partial charge is 0.460 e. The third-order valence-corrected chi connectivity index (χ3v) is 7.75. The lowest BCUT2D eigenvalue weighted by Gasteiger charge is -2.25. The summed E-state index contributed by atoms with van der Waals surface area (Å²) in [5.41, 5.74) is -0.513. The normalized spacial score (nSPS) is 14.4. The minimum Gasteiger partial charge on any atom is -0.460 e. The molecule has 41 heavy (non-hydrogen) atoms. The molecular weight excluding hydrogens is 553 g/mol.